The van der Waals surface area contributed by atoms with E-state index < -0.39 is 0 Å². The molecule has 0 N–H and O–H groups in total. The van der Waals surface area contributed by atoms with Crippen LogP contribution in [0.4, 0.5) is 0 Å². The van der Waals surface area contributed by atoms with E-state index in [1.54, 1.807) is 14.0 Å². The van der Waals surface area contributed by atoms with Crippen molar-refractivity contribution >= 4 is 3.81 Å². The zero-order valence-electron chi connectivity index (χ0n) is 19.9. The van der Waals surface area contributed by atoms with Crippen LogP contribution in [0.25, 0.3) is 0 Å². The van der Waals surface area contributed by atoms with Gasteiger partial charge in [0.1, 0.15) is 5.75 Å². The van der Waals surface area contributed by atoms with Crippen molar-refractivity contribution in [2.24, 2.45) is 10.8 Å². The third kappa shape index (κ3) is 9.74. The van der Waals surface area contributed by atoms with Gasteiger partial charge in [-0.15, -0.1) is 0 Å². The van der Waals surface area contributed by atoms with Gasteiger partial charge < -0.3 is 4.74 Å². The number of allylic oxidation sites excluding steroid dienone is 6. The Labute approximate surface area is 188 Å². The molecule has 0 unspecified atom stereocenters. The summed E-state index contributed by atoms with van der Waals surface area (Å²) in [5, 5.41) is 0. The van der Waals surface area contributed by atoms with Gasteiger partial charge in [0.25, 0.3) is 0 Å². The molecule has 0 heterocycles. The first-order chi connectivity index (χ1) is 13.3. The average molecular weight is 427 g/mol. The summed E-state index contributed by atoms with van der Waals surface area (Å²) in [4.78, 5) is 0. The molecular formula is C27H39OTi. The van der Waals surface area contributed by atoms with Gasteiger partial charge in [-0.05, 0) is 35.6 Å². The Morgan fingerprint density at radius 1 is 1.10 bits per heavy atom. The van der Waals surface area contributed by atoms with E-state index in [2.05, 4.69) is 87.1 Å². The van der Waals surface area contributed by atoms with E-state index in [1.807, 2.05) is 24.3 Å². The molecular weight excluding hydrogens is 388 g/mol. The summed E-state index contributed by atoms with van der Waals surface area (Å²) in [6, 6.07) is 8.00. The molecule has 0 fully saturated rings. The van der Waals surface area contributed by atoms with Gasteiger partial charge in [0.15, 0.2) is 0 Å². The predicted molar refractivity (Wildman–Crippen MR) is 126 cm³/mol. The molecule has 0 saturated carbocycles. The first kappa shape index (κ1) is 25.6. The van der Waals surface area contributed by atoms with E-state index in [4.69, 9.17) is 4.74 Å². The Hall–Kier alpha value is -1.44. The van der Waals surface area contributed by atoms with Gasteiger partial charge >= 0.3 is 90.6 Å². The van der Waals surface area contributed by atoms with Gasteiger partial charge in [0.05, 0.1) is 6.26 Å². The van der Waals surface area contributed by atoms with Crippen molar-refractivity contribution in [2.75, 3.05) is 0 Å². The van der Waals surface area contributed by atoms with Gasteiger partial charge in [-0.25, -0.2) is 0 Å². The molecule has 2 heteroatoms. The van der Waals surface area contributed by atoms with E-state index in [9.17, 15) is 0 Å². The fraction of sp³-hybridized carbons (Fsp3) is 0.444. The fourth-order valence-corrected chi connectivity index (χ4v) is 4.48. The van der Waals surface area contributed by atoms with Crippen LogP contribution in [0.1, 0.15) is 67.4 Å². The number of benzene rings is 1. The van der Waals surface area contributed by atoms with Crippen LogP contribution < -0.4 is 4.74 Å². The van der Waals surface area contributed by atoms with Crippen LogP contribution in [-0.2, 0) is 18.7 Å². The number of ether oxygens (including phenoxy) is 1. The molecule has 29 heavy (non-hydrogen) atoms. The molecule has 1 nitrogen and oxygen atoms in total. The molecule has 0 spiro atoms. The van der Waals surface area contributed by atoms with E-state index in [0.29, 0.717) is 5.41 Å². The van der Waals surface area contributed by atoms with Crippen LogP contribution in [0.5, 0.6) is 5.75 Å². The van der Waals surface area contributed by atoms with Crippen molar-refractivity contribution in [1.82, 2.24) is 0 Å². The Bertz CT molecular complexity index is 817. The topological polar surface area (TPSA) is 9.23 Å². The first-order valence-corrected chi connectivity index (χ1v) is 11.9. The maximum atomic E-state index is 5.63. The molecule has 2 rings (SSSR count). The van der Waals surface area contributed by atoms with Crippen LogP contribution in [-0.4, -0.2) is 3.81 Å². The monoisotopic (exact) mass is 427 g/mol. The van der Waals surface area contributed by atoms with Crippen LogP contribution in [0, 0.1) is 17.8 Å². The molecule has 0 saturated heterocycles. The second-order valence-corrected chi connectivity index (χ2v) is 12.8. The minimum absolute atomic E-state index is 0.0611. The SMILES string of the molecule is C=CC(=COc1cccc(C)c1)C(C)(C)C.C[C](C)=[Ti][C]1=CC(C(C)(C)C)=CC1. The van der Waals surface area contributed by atoms with Crippen molar-refractivity contribution in [3.05, 3.63) is 75.9 Å². The second kappa shape index (κ2) is 11.1. The molecule has 1 aromatic rings. The summed E-state index contributed by atoms with van der Waals surface area (Å²) in [5.74, 6) is 0.864. The first-order valence-electron chi connectivity index (χ1n) is 10.4. The van der Waals surface area contributed by atoms with Gasteiger partial charge in [0, 0.05) is 0 Å². The van der Waals surface area contributed by atoms with Crippen molar-refractivity contribution < 1.29 is 23.4 Å². The normalized spacial score (nSPS) is 14.2. The standard InChI is InChI=1S/C15H20O.C9H13.C3H6.Ti/c1-6-13(15(3,4)5)11-16-14-9-7-8-12(2)10-14;1-9(2,3)8-6-4-5-7-8;1-3-2;/h6-11H,1H2,2-5H3;6-7H,4H2,1-3H3;1-2H3;. The van der Waals surface area contributed by atoms with E-state index >= 15 is 0 Å². The summed E-state index contributed by atoms with van der Waals surface area (Å²) >= 11 is 0.0803. The van der Waals surface area contributed by atoms with Crippen LogP contribution >= 0.6 is 0 Å². The van der Waals surface area contributed by atoms with E-state index in [1.165, 1.54) is 17.6 Å². The molecule has 0 amide bonds. The van der Waals surface area contributed by atoms with Crippen LogP contribution in [0.3, 0.4) is 0 Å². The Morgan fingerprint density at radius 3 is 2.21 bits per heavy atom. The Kier molecular flexibility index (Phi) is 9.79. The van der Waals surface area contributed by atoms with Gasteiger partial charge in [-0.2, -0.15) is 0 Å². The van der Waals surface area contributed by atoms with Crippen molar-refractivity contribution in [2.45, 2.75) is 68.7 Å². The molecule has 0 aromatic heterocycles. The van der Waals surface area contributed by atoms with E-state index in [0.717, 1.165) is 11.3 Å². The van der Waals surface area contributed by atoms with Crippen molar-refractivity contribution in [3.63, 3.8) is 0 Å². The number of hydrogen-bond donors (Lipinski definition) is 0. The zero-order valence-corrected chi connectivity index (χ0v) is 21.5. The molecule has 0 aliphatic heterocycles. The van der Waals surface area contributed by atoms with E-state index in [-0.39, 0.29) is 24.1 Å². The summed E-state index contributed by atoms with van der Waals surface area (Å²) < 4.78 is 8.97. The number of hydrogen-bond acceptors (Lipinski definition) is 1. The van der Waals surface area contributed by atoms with Crippen LogP contribution in [0.2, 0.25) is 0 Å². The molecule has 157 valence electrons. The maximum absolute atomic E-state index is 5.63. The Balaban J connectivity index is 0.000000296. The summed E-state index contributed by atoms with van der Waals surface area (Å²) in [6.45, 7) is 23.7. The summed E-state index contributed by atoms with van der Waals surface area (Å²) in [7, 11) is 0. The minimum atomic E-state index is 0.0611. The quantitative estimate of drug-likeness (QED) is 0.268. The Morgan fingerprint density at radius 2 is 1.76 bits per heavy atom. The molecule has 1 aliphatic rings. The average Bonchev–Trinajstić information content (AvgIpc) is 3.03. The third-order valence-electron chi connectivity index (χ3n) is 4.55. The molecule has 1 aliphatic carbocycles. The zero-order chi connectivity index (χ0) is 22.2. The van der Waals surface area contributed by atoms with Gasteiger partial charge in [-0.1, -0.05) is 45.6 Å². The second-order valence-electron chi connectivity index (χ2n) is 9.87. The van der Waals surface area contributed by atoms with Crippen molar-refractivity contribution in [3.8, 4) is 5.75 Å². The summed E-state index contributed by atoms with van der Waals surface area (Å²) in [6.07, 6.45) is 9.68. The summed E-state index contributed by atoms with van der Waals surface area (Å²) in [5.41, 5.74) is 4.23. The molecule has 0 bridgehead atoms. The van der Waals surface area contributed by atoms with Crippen LogP contribution in [0.15, 0.2) is 70.4 Å². The molecule has 1 aromatic carbocycles. The number of aryl methyl sites for hydroxylation is 1. The van der Waals surface area contributed by atoms with Gasteiger partial charge in [0.2, 0.25) is 0 Å². The number of rotatable bonds is 4. The third-order valence-corrected chi connectivity index (χ3v) is 6.37. The molecule has 0 radical (unpaired) electrons. The fourth-order valence-electron chi connectivity index (χ4n) is 2.81. The van der Waals surface area contributed by atoms with Gasteiger partial charge in [-0.3, -0.25) is 0 Å². The molecule has 0 atom stereocenters. The predicted octanol–water partition coefficient (Wildman–Crippen LogP) is 8.03. The van der Waals surface area contributed by atoms with Crippen molar-refractivity contribution in [1.29, 1.82) is 0 Å².